The molecular weight excluding hydrogens is 737 g/mol. The summed E-state index contributed by atoms with van der Waals surface area (Å²) in [7, 11) is 0. The van der Waals surface area contributed by atoms with E-state index >= 15 is 0 Å². The zero-order valence-corrected chi connectivity index (χ0v) is 33.5. The van der Waals surface area contributed by atoms with Crippen molar-refractivity contribution in [2.45, 2.75) is 5.41 Å². The summed E-state index contributed by atoms with van der Waals surface area (Å²) in [6.07, 6.45) is 0. The SMILES string of the molecule is c1ccc(N(c2ccc(-c3ccc(-n4c5ccccc5c5ccc6ccccc6c54)cc3)cc2)c2ccc3c(c2)C(c2ccccc2)(c2ccccc2)c2ccccc2-3)cc1. The molecule has 0 unspecified atom stereocenters. The van der Waals surface area contributed by atoms with Crippen molar-refractivity contribution in [1.82, 2.24) is 4.57 Å². The van der Waals surface area contributed by atoms with Gasteiger partial charge < -0.3 is 9.47 Å². The highest BCUT2D eigenvalue weighted by atomic mass is 15.1. The lowest BCUT2D eigenvalue weighted by Gasteiger charge is -2.35. The van der Waals surface area contributed by atoms with Crippen LogP contribution in [-0.2, 0) is 5.41 Å². The van der Waals surface area contributed by atoms with Gasteiger partial charge in [0.25, 0.3) is 0 Å². The smallest absolute Gasteiger partial charge is 0.0714 e. The Morgan fingerprint density at radius 1 is 0.344 bits per heavy atom. The molecule has 0 spiro atoms. The molecule has 0 saturated heterocycles. The minimum absolute atomic E-state index is 0.477. The van der Waals surface area contributed by atoms with E-state index in [-0.39, 0.29) is 0 Å². The van der Waals surface area contributed by atoms with Crippen molar-refractivity contribution >= 4 is 49.6 Å². The predicted octanol–water partition coefficient (Wildman–Crippen LogP) is 15.4. The van der Waals surface area contributed by atoms with Crippen LogP contribution in [0.15, 0.2) is 243 Å². The molecule has 0 N–H and O–H groups in total. The highest BCUT2D eigenvalue weighted by Gasteiger charge is 2.46. The third kappa shape index (κ3) is 5.43. The summed E-state index contributed by atoms with van der Waals surface area (Å²) < 4.78 is 2.43. The van der Waals surface area contributed by atoms with Crippen LogP contribution in [0.3, 0.4) is 0 Å². The van der Waals surface area contributed by atoms with Crippen LogP contribution in [0.4, 0.5) is 17.1 Å². The summed E-state index contributed by atoms with van der Waals surface area (Å²) >= 11 is 0. The Morgan fingerprint density at radius 2 is 0.885 bits per heavy atom. The molecule has 1 heterocycles. The Kier molecular flexibility index (Phi) is 8.11. The van der Waals surface area contributed by atoms with Crippen LogP contribution in [0.5, 0.6) is 0 Å². The van der Waals surface area contributed by atoms with Gasteiger partial charge in [-0.25, -0.2) is 0 Å². The number of hydrogen-bond acceptors (Lipinski definition) is 1. The number of fused-ring (bicyclic) bond motifs is 8. The molecule has 0 aliphatic heterocycles. The molecule has 1 aromatic heterocycles. The first-order valence-corrected chi connectivity index (χ1v) is 21.1. The van der Waals surface area contributed by atoms with E-state index in [1.807, 2.05) is 0 Å². The number of para-hydroxylation sites is 2. The fraction of sp³-hybridized carbons (Fsp3) is 0.0169. The van der Waals surface area contributed by atoms with Crippen molar-refractivity contribution in [3.05, 3.63) is 265 Å². The van der Waals surface area contributed by atoms with Gasteiger partial charge in [-0.3, -0.25) is 0 Å². The molecule has 286 valence electrons. The third-order valence-corrected chi connectivity index (χ3v) is 12.9. The van der Waals surface area contributed by atoms with Gasteiger partial charge in [0.05, 0.1) is 16.4 Å². The van der Waals surface area contributed by atoms with Crippen LogP contribution < -0.4 is 4.90 Å². The first-order valence-electron chi connectivity index (χ1n) is 21.1. The second-order valence-corrected chi connectivity index (χ2v) is 16.1. The van der Waals surface area contributed by atoms with Gasteiger partial charge in [-0.05, 0) is 104 Å². The number of rotatable bonds is 7. The zero-order chi connectivity index (χ0) is 40.3. The number of aromatic nitrogens is 1. The summed E-state index contributed by atoms with van der Waals surface area (Å²) in [6.45, 7) is 0. The third-order valence-electron chi connectivity index (χ3n) is 12.9. The van der Waals surface area contributed by atoms with Gasteiger partial charge in [-0.1, -0.05) is 188 Å². The first-order chi connectivity index (χ1) is 30.3. The quantitative estimate of drug-likeness (QED) is 0.156. The molecule has 1 aliphatic carbocycles. The molecule has 12 rings (SSSR count). The second-order valence-electron chi connectivity index (χ2n) is 16.1. The molecule has 0 amide bonds. The summed E-state index contributed by atoms with van der Waals surface area (Å²) in [5, 5.41) is 5.05. The van der Waals surface area contributed by atoms with E-state index in [9.17, 15) is 0 Å². The van der Waals surface area contributed by atoms with E-state index < -0.39 is 5.41 Å². The van der Waals surface area contributed by atoms with Crippen molar-refractivity contribution in [2.24, 2.45) is 0 Å². The Labute approximate surface area is 355 Å². The van der Waals surface area contributed by atoms with E-state index in [1.165, 1.54) is 77.1 Å². The molecule has 0 saturated carbocycles. The van der Waals surface area contributed by atoms with Gasteiger partial charge in [0, 0.05) is 38.9 Å². The number of benzene rings is 10. The van der Waals surface area contributed by atoms with Crippen molar-refractivity contribution in [3.8, 4) is 27.9 Å². The second kappa shape index (κ2) is 14.1. The lowest BCUT2D eigenvalue weighted by molar-refractivity contribution is 0.768. The Balaban J connectivity index is 0.960. The summed E-state index contributed by atoms with van der Waals surface area (Å²) in [4.78, 5) is 2.39. The van der Waals surface area contributed by atoms with Gasteiger partial charge in [0.1, 0.15) is 0 Å². The maximum atomic E-state index is 2.44. The standard InChI is InChI=1S/C59H40N2/c1-4-17-44(18-5-1)59(45-19-6-2-7-20-45)55-26-14-12-24-51(55)52-39-37-49(40-56(52)59)60(46-21-8-3-9-22-46)47-33-28-41(29-34-47)42-30-35-48(36-31-42)61-57-27-15-13-25-53(57)54-38-32-43-16-10-11-23-50(43)58(54)61/h1-40H. The van der Waals surface area contributed by atoms with Crippen LogP contribution in [0.1, 0.15) is 22.3 Å². The molecule has 61 heavy (non-hydrogen) atoms. The number of nitrogens with zero attached hydrogens (tertiary/aromatic N) is 2. The van der Waals surface area contributed by atoms with Crippen LogP contribution in [0.2, 0.25) is 0 Å². The largest absolute Gasteiger partial charge is 0.310 e. The number of hydrogen-bond donors (Lipinski definition) is 0. The van der Waals surface area contributed by atoms with E-state index in [2.05, 4.69) is 252 Å². The van der Waals surface area contributed by atoms with Gasteiger partial charge in [-0.2, -0.15) is 0 Å². The highest BCUT2D eigenvalue weighted by Crippen LogP contribution is 2.57. The van der Waals surface area contributed by atoms with Crippen molar-refractivity contribution in [2.75, 3.05) is 4.90 Å². The van der Waals surface area contributed by atoms with Crippen LogP contribution >= 0.6 is 0 Å². The zero-order valence-electron chi connectivity index (χ0n) is 33.5. The predicted molar refractivity (Wildman–Crippen MR) is 256 cm³/mol. The lowest BCUT2D eigenvalue weighted by Crippen LogP contribution is -2.28. The summed E-state index contributed by atoms with van der Waals surface area (Å²) in [5.41, 5.74) is 16.5. The average Bonchev–Trinajstić information content (AvgIpc) is 3.84. The topological polar surface area (TPSA) is 8.17 Å². The first kappa shape index (κ1) is 35.0. The Bertz CT molecular complexity index is 3340. The molecule has 0 fully saturated rings. The van der Waals surface area contributed by atoms with Gasteiger partial charge in [0.15, 0.2) is 0 Å². The van der Waals surface area contributed by atoms with Crippen LogP contribution in [-0.4, -0.2) is 4.57 Å². The molecule has 1 aliphatic rings. The van der Waals surface area contributed by atoms with Gasteiger partial charge in [-0.15, -0.1) is 0 Å². The van der Waals surface area contributed by atoms with E-state index in [1.54, 1.807) is 0 Å². The normalized spacial score (nSPS) is 12.7. The summed E-state index contributed by atoms with van der Waals surface area (Å²) in [6, 6.07) is 88.9. The van der Waals surface area contributed by atoms with Crippen molar-refractivity contribution in [1.29, 1.82) is 0 Å². The number of anilines is 3. The molecule has 0 radical (unpaired) electrons. The molecule has 0 bridgehead atoms. The monoisotopic (exact) mass is 776 g/mol. The maximum Gasteiger partial charge on any atom is 0.0714 e. The van der Waals surface area contributed by atoms with Crippen LogP contribution in [0, 0.1) is 0 Å². The van der Waals surface area contributed by atoms with Gasteiger partial charge in [0.2, 0.25) is 0 Å². The minimum atomic E-state index is -0.477. The van der Waals surface area contributed by atoms with E-state index in [0.717, 1.165) is 22.7 Å². The molecule has 0 atom stereocenters. The van der Waals surface area contributed by atoms with Gasteiger partial charge >= 0.3 is 0 Å². The van der Waals surface area contributed by atoms with E-state index in [4.69, 9.17) is 0 Å². The molecule has 11 aromatic rings. The van der Waals surface area contributed by atoms with E-state index in [0.29, 0.717) is 0 Å². The molecule has 10 aromatic carbocycles. The van der Waals surface area contributed by atoms with Crippen molar-refractivity contribution in [3.63, 3.8) is 0 Å². The minimum Gasteiger partial charge on any atom is -0.310 e. The highest BCUT2D eigenvalue weighted by molar-refractivity contribution is 6.18. The lowest BCUT2D eigenvalue weighted by atomic mass is 9.67. The van der Waals surface area contributed by atoms with Crippen molar-refractivity contribution < 1.29 is 0 Å². The Hall–Kier alpha value is -7.94. The van der Waals surface area contributed by atoms with Crippen LogP contribution in [0.25, 0.3) is 60.5 Å². The molecule has 2 heteroatoms. The average molecular weight is 777 g/mol. The Morgan fingerprint density at radius 3 is 1.61 bits per heavy atom. The molecule has 2 nitrogen and oxygen atoms in total. The molecular formula is C59H40N2. The fourth-order valence-electron chi connectivity index (χ4n) is 10.2. The maximum absolute atomic E-state index is 2.44. The fourth-order valence-corrected chi connectivity index (χ4v) is 10.2. The summed E-state index contributed by atoms with van der Waals surface area (Å²) in [5.74, 6) is 0.